The van der Waals surface area contributed by atoms with Crippen LogP contribution in [0, 0.1) is 11.3 Å². The standard InChI is InChI=1S/C45H37N3O7/c1-44(2,24-36-37(49)30-9-5-6-10-31(30)38(36)50)26-14-18-28(19-15-26)46-39(51)25-13-22-34-35(23-25)43(55)48(42(34)54)45(3,4)27-16-20-29(21-17-27)47-40(52)32-11-7-8-12-33(32)41(47)53/h5-18,20-23,28,36H,19,24H2,1-4H3,(H,46,51). The van der Waals surface area contributed by atoms with E-state index in [1.165, 1.54) is 23.1 Å². The summed E-state index contributed by atoms with van der Waals surface area (Å²) >= 11 is 0. The van der Waals surface area contributed by atoms with Crippen molar-refractivity contribution in [2.45, 2.75) is 52.1 Å². The highest BCUT2D eigenvalue weighted by Gasteiger charge is 2.46. The number of nitrogens with zero attached hydrogens (tertiary/aromatic N) is 2. The molecule has 1 unspecified atom stereocenters. The van der Waals surface area contributed by atoms with Gasteiger partial charge in [-0.25, -0.2) is 4.90 Å². The maximum absolute atomic E-state index is 13.9. The molecule has 2 aliphatic heterocycles. The number of carbonyl (C=O) groups excluding carboxylic acids is 7. The normalized spacial score (nSPS) is 18.2. The van der Waals surface area contributed by atoms with E-state index >= 15 is 0 Å². The van der Waals surface area contributed by atoms with E-state index in [1.807, 2.05) is 32.1 Å². The number of anilines is 1. The smallest absolute Gasteiger partial charge is 0.266 e. The molecule has 4 aromatic rings. The number of hydrogen-bond acceptors (Lipinski definition) is 7. The first-order valence-electron chi connectivity index (χ1n) is 18.2. The van der Waals surface area contributed by atoms with Gasteiger partial charge in [0.1, 0.15) is 0 Å². The molecule has 1 atom stereocenters. The summed E-state index contributed by atoms with van der Waals surface area (Å²) in [7, 11) is 0. The highest BCUT2D eigenvalue weighted by Crippen LogP contribution is 2.41. The molecule has 1 N–H and O–H groups in total. The minimum Gasteiger partial charge on any atom is -0.346 e. The van der Waals surface area contributed by atoms with Crippen LogP contribution in [0.1, 0.15) is 119 Å². The third-order valence-corrected chi connectivity index (χ3v) is 11.3. The molecule has 0 spiro atoms. The van der Waals surface area contributed by atoms with Crippen LogP contribution in [0.5, 0.6) is 0 Å². The molecular weight excluding hydrogens is 695 g/mol. The lowest BCUT2D eigenvalue weighted by Gasteiger charge is -2.34. The molecule has 55 heavy (non-hydrogen) atoms. The summed E-state index contributed by atoms with van der Waals surface area (Å²) in [6, 6.07) is 24.3. The summed E-state index contributed by atoms with van der Waals surface area (Å²) in [5.74, 6) is -3.30. The Labute approximate surface area is 317 Å². The molecule has 0 aromatic heterocycles. The minimum absolute atomic E-state index is 0.120. The van der Waals surface area contributed by atoms with E-state index in [9.17, 15) is 33.6 Å². The van der Waals surface area contributed by atoms with Crippen LogP contribution < -0.4 is 10.2 Å². The number of carbonyl (C=O) groups is 7. The highest BCUT2D eigenvalue weighted by atomic mass is 16.2. The quantitative estimate of drug-likeness (QED) is 0.151. The molecule has 10 nitrogen and oxygen atoms in total. The number of allylic oxidation sites excluding steroid dienone is 2. The second kappa shape index (κ2) is 12.8. The van der Waals surface area contributed by atoms with E-state index in [0.717, 1.165) is 10.5 Å². The van der Waals surface area contributed by atoms with Gasteiger partial charge in [0.25, 0.3) is 29.5 Å². The first-order chi connectivity index (χ1) is 26.2. The van der Waals surface area contributed by atoms with Crippen LogP contribution in [-0.2, 0) is 5.54 Å². The van der Waals surface area contributed by atoms with Gasteiger partial charge >= 0.3 is 0 Å². The fourth-order valence-electron chi connectivity index (χ4n) is 8.16. The van der Waals surface area contributed by atoms with Crippen LogP contribution in [0.4, 0.5) is 5.69 Å². The minimum atomic E-state index is -1.12. The Morgan fingerprint density at radius 3 is 1.78 bits per heavy atom. The number of imide groups is 2. The zero-order valence-electron chi connectivity index (χ0n) is 30.7. The average molecular weight is 732 g/mol. The van der Waals surface area contributed by atoms with E-state index in [2.05, 4.69) is 5.32 Å². The zero-order chi connectivity index (χ0) is 39.0. The molecule has 0 fully saturated rings. The van der Waals surface area contributed by atoms with Crippen molar-refractivity contribution >= 4 is 46.8 Å². The molecule has 10 heteroatoms. The first-order valence-corrected chi connectivity index (χ1v) is 18.2. The summed E-state index contributed by atoms with van der Waals surface area (Å²) in [6.45, 7) is 7.49. The van der Waals surface area contributed by atoms with Crippen molar-refractivity contribution in [3.05, 3.63) is 159 Å². The number of hydrogen-bond donors (Lipinski definition) is 1. The van der Waals surface area contributed by atoms with Gasteiger partial charge in [0.15, 0.2) is 11.6 Å². The number of Topliss-reactive ketones (excluding diaryl/α,β-unsaturated/α-hetero) is 2. The molecule has 2 aliphatic carbocycles. The third-order valence-electron chi connectivity index (χ3n) is 11.3. The van der Waals surface area contributed by atoms with E-state index in [1.54, 1.807) is 86.6 Å². The van der Waals surface area contributed by atoms with Crippen LogP contribution in [0.25, 0.3) is 0 Å². The lowest BCUT2D eigenvalue weighted by Crippen LogP contribution is -2.45. The van der Waals surface area contributed by atoms with Crippen LogP contribution in [0.3, 0.4) is 0 Å². The molecular formula is C45H37N3O7. The third kappa shape index (κ3) is 5.67. The van der Waals surface area contributed by atoms with E-state index in [0.29, 0.717) is 46.3 Å². The number of rotatable bonds is 8. The Balaban J connectivity index is 0.925. The van der Waals surface area contributed by atoms with Gasteiger partial charge in [-0.15, -0.1) is 0 Å². The molecule has 4 aromatic carbocycles. The van der Waals surface area contributed by atoms with Gasteiger partial charge in [-0.2, -0.15) is 0 Å². The molecule has 5 amide bonds. The van der Waals surface area contributed by atoms with Crippen LogP contribution >= 0.6 is 0 Å². The Morgan fingerprint density at radius 1 is 0.673 bits per heavy atom. The maximum Gasteiger partial charge on any atom is 0.266 e. The van der Waals surface area contributed by atoms with Crippen LogP contribution in [-0.4, -0.2) is 52.0 Å². The summed E-state index contributed by atoms with van der Waals surface area (Å²) in [5, 5.41) is 2.99. The fraction of sp³-hybridized carbons (Fsp3) is 0.222. The number of benzene rings is 4. The van der Waals surface area contributed by atoms with Crippen molar-refractivity contribution in [1.82, 2.24) is 10.2 Å². The van der Waals surface area contributed by atoms with Crippen molar-refractivity contribution < 1.29 is 33.6 Å². The van der Waals surface area contributed by atoms with Crippen molar-refractivity contribution in [2.24, 2.45) is 11.3 Å². The Morgan fingerprint density at radius 2 is 1.22 bits per heavy atom. The van der Waals surface area contributed by atoms with Gasteiger partial charge in [-0.05, 0) is 85.7 Å². The molecule has 0 saturated heterocycles. The van der Waals surface area contributed by atoms with Gasteiger partial charge in [0, 0.05) is 16.7 Å². The van der Waals surface area contributed by atoms with E-state index < -0.39 is 46.4 Å². The topological polar surface area (TPSA) is 138 Å². The molecule has 8 rings (SSSR count). The lowest BCUT2D eigenvalue weighted by molar-refractivity contribution is 0.0474. The maximum atomic E-state index is 13.9. The van der Waals surface area contributed by atoms with E-state index in [-0.39, 0.29) is 34.3 Å². The number of fused-ring (bicyclic) bond motifs is 3. The van der Waals surface area contributed by atoms with Crippen molar-refractivity contribution in [1.29, 1.82) is 0 Å². The van der Waals surface area contributed by atoms with Crippen molar-refractivity contribution in [2.75, 3.05) is 4.90 Å². The molecule has 0 bridgehead atoms. The molecule has 0 saturated carbocycles. The lowest BCUT2D eigenvalue weighted by atomic mass is 9.73. The number of amides is 5. The largest absolute Gasteiger partial charge is 0.346 e. The Bertz CT molecular complexity index is 2400. The number of nitrogens with one attached hydrogen (secondary N) is 1. The summed E-state index contributed by atoms with van der Waals surface area (Å²) < 4.78 is 0. The predicted octanol–water partition coefficient (Wildman–Crippen LogP) is 7.11. The van der Waals surface area contributed by atoms with Crippen LogP contribution in [0.2, 0.25) is 0 Å². The summed E-state index contributed by atoms with van der Waals surface area (Å²) in [6.07, 6.45) is 6.67. The average Bonchev–Trinajstić information content (AvgIpc) is 3.70. The summed E-state index contributed by atoms with van der Waals surface area (Å²) in [5.41, 5.74) is 2.50. The van der Waals surface area contributed by atoms with Gasteiger partial charge in [-0.1, -0.05) is 80.6 Å². The Hall–Kier alpha value is -6.55. The highest BCUT2D eigenvalue weighted by molar-refractivity contribution is 6.34. The van der Waals surface area contributed by atoms with Gasteiger partial charge in [0.05, 0.1) is 45.4 Å². The van der Waals surface area contributed by atoms with Gasteiger partial charge in [0.2, 0.25) is 0 Å². The zero-order valence-corrected chi connectivity index (χ0v) is 30.7. The second-order valence-electron chi connectivity index (χ2n) is 15.6. The molecule has 2 heterocycles. The second-order valence-corrected chi connectivity index (χ2v) is 15.6. The first kappa shape index (κ1) is 35.5. The summed E-state index contributed by atoms with van der Waals surface area (Å²) in [4.78, 5) is 95.4. The SMILES string of the molecule is CC(C)(CC1C(=O)c2ccccc2C1=O)C1=CCC(NC(=O)c2ccc3c(c2)C(=O)N(C(C)(C)c2ccc(N4C(=O)c5ccccc5C4=O)cc2)C3=O)C=C1. The fourth-order valence-corrected chi connectivity index (χ4v) is 8.16. The molecule has 274 valence electrons. The number of ketones is 2. The van der Waals surface area contributed by atoms with Crippen LogP contribution in [0.15, 0.2) is 115 Å². The monoisotopic (exact) mass is 731 g/mol. The molecule has 0 radical (unpaired) electrons. The van der Waals surface area contributed by atoms with Crippen molar-refractivity contribution in [3.8, 4) is 0 Å². The molecule has 4 aliphatic rings. The van der Waals surface area contributed by atoms with Gasteiger partial charge < -0.3 is 5.32 Å². The van der Waals surface area contributed by atoms with Crippen molar-refractivity contribution in [3.63, 3.8) is 0 Å². The van der Waals surface area contributed by atoms with E-state index in [4.69, 9.17) is 0 Å². The van der Waals surface area contributed by atoms with Gasteiger partial charge in [-0.3, -0.25) is 38.5 Å². The Kier molecular flexibility index (Phi) is 8.25. The predicted molar refractivity (Wildman–Crippen MR) is 204 cm³/mol.